The highest BCUT2D eigenvalue weighted by atomic mass is 19.1. The molecule has 20 heavy (non-hydrogen) atoms. The molecule has 2 nitrogen and oxygen atoms in total. The maximum Gasteiger partial charge on any atom is 0.123 e. The Kier molecular flexibility index (Phi) is 4.99. The van der Waals surface area contributed by atoms with Crippen molar-refractivity contribution in [3.63, 3.8) is 0 Å². The zero-order valence-electron chi connectivity index (χ0n) is 11.9. The van der Waals surface area contributed by atoms with Crippen LogP contribution in [0.3, 0.4) is 0 Å². The number of halogens is 1. The molecule has 1 N–H and O–H groups in total. The molecule has 0 heterocycles. The van der Waals surface area contributed by atoms with E-state index in [9.17, 15) is 4.39 Å². The Hall–Kier alpha value is -2.03. The molecule has 0 amide bonds. The normalized spacial score (nSPS) is 11.9. The molecular weight excluding hydrogens is 253 g/mol. The summed E-state index contributed by atoms with van der Waals surface area (Å²) in [4.78, 5) is 0. The first kappa shape index (κ1) is 14.4. The Morgan fingerprint density at radius 2 is 1.90 bits per heavy atom. The van der Waals surface area contributed by atoms with Crippen LogP contribution in [0.5, 0.6) is 5.75 Å². The van der Waals surface area contributed by atoms with Crippen LogP contribution in [0, 0.1) is 5.82 Å². The molecule has 0 aliphatic heterocycles. The smallest absolute Gasteiger partial charge is 0.123 e. The van der Waals surface area contributed by atoms with Crippen molar-refractivity contribution in [3.8, 4) is 5.75 Å². The number of nitrogens with one attached hydrogen (secondary N) is 1. The molecule has 0 aromatic heterocycles. The van der Waals surface area contributed by atoms with Gasteiger partial charge in [0.2, 0.25) is 0 Å². The molecule has 106 valence electrons. The van der Waals surface area contributed by atoms with Crippen molar-refractivity contribution in [2.24, 2.45) is 0 Å². The van der Waals surface area contributed by atoms with E-state index in [0.717, 1.165) is 23.4 Å². The van der Waals surface area contributed by atoms with Gasteiger partial charge in [0.15, 0.2) is 0 Å². The van der Waals surface area contributed by atoms with Crippen LogP contribution in [0.2, 0.25) is 0 Å². The first-order valence-electron chi connectivity index (χ1n) is 6.91. The van der Waals surface area contributed by atoms with Gasteiger partial charge in [-0.25, -0.2) is 4.39 Å². The number of rotatable bonds is 6. The molecule has 1 unspecified atom stereocenters. The molecule has 1 atom stereocenters. The largest absolute Gasteiger partial charge is 0.494 e. The van der Waals surface area contributed by atoms with Crippen LogP contribution in [0.1, 0.15) is 19.4 Å². The summed E-state index contributed by atoms with van der Waals surface area (Å²) in [5.74, 6) is 0.672. The van der Waals surface area contributed by atoms with Crippen molar-refractivity contribution in [2.75, 3.05) is 11.9 Å². The second kappa shape index (κ2) is 6.94. The van der Waals surface area contributed by atoms with Crippen LogP contribution < -0.4 is 10.1 Å². The van der Waals surface area contributed by atoms with Crippen LogP contribution in [-0.2, 0) is 6.42 Å². The number of anilines is 1. The van der Waals surface area contributed by atoms with Crippen molar-refractivity contribution in [2.45, 2.75) is 26.3 Å². The predicted octanol–water partition coefficient (Wildman–Crippen LogP) is 4.27. The van der Waals surface area contributed by atoms with E-state index in [4.69, 9.17) is 4.74 Å². The van der Waals surface area contributed by atoms with Gasteiger partial charge in [-0.05, 0) is 50.1 Å². The van der Waals surface area contributed by atoms with Crippen LogP contribution in [-0.4, -0.2) is 12.6 Å². The minimum absolute atomic E-state index is 0.196. The Morgan fingerprint density at radius 3 is 2.60 bits per heavy atom. The predicted molar refractivity (Wildman–Crippen MR) is 80.8 cm³/mol. The van der Waals surface area contributed by atoms with E-state index in [1.54, 1.807) is 0 Å². The third-order valence-corrected chi connectivity index (χ3v) is 3.01. The highest BCUT2D eigenvalue weighted by molar-refractivity contribution is 5.49. The lowest BCUT2D eigenvalue weighted by Gasteiger charge is -2.16. The van der Waals surface area contributed by atoms with Gasteiger partial charge in [-0.1, -0.05) is 18.2 Å². The number of ether oxygens (including phenoxy) is 1. The van der Waals surface area contributed by atoms with E-state index < -0.39 is 0 Å². The molecule has 0 saturated heterocycles. The van der Waals surface area contributed by atoms with Crippen molar-refractivity contribution in [3.05, 3.63) is 59.9 Å². The Morgan fingerprint density at radius 1 is 1.15 bits per heavy atom. The van der Waals surface area contributed by atoms with E-state index in [0.29, 0.717) is 6.61 Å². The van der Waals surface area contributed by atoms with Crippen LogP contribution in [0.4, 0.5) is 10.1 Å². The van der Waals surface area contributed by atoms with E-state index in [-0.39, 0.29) is 11.9 Å². The summed E-state index contributed by atoms with van der Waals surface area (Å²) < 4.78 is 18.3. The quantitative estimate of drug-likeness (QED) is 0.848. The molecule has 0 spiro atoms. The molecular formula is C17H20FNO. The van der Waals surface area contributed by atoms with Gasteiger partial charge in [0.05, 0.1) is 6.61 Å². The third-order valence-electron chi connectivity index (χ3n) is 3.01. The van der Waals surface area contributed by atoms with Gasteiger partial charge in [0, 0.05) is 17.8 Å². The van der Waals surface area contributed by atoms with Crippen molar-refractivity contribution < 1.29 is 9.13 Å². The third kappa shape index (κ3) is 4.26. The minimum Gasteiger partial charge on any atom is -0.494 e. The van der Waals surface area contributed by atoms with Gasteiger partial charge >= 0.3 is 0 Å². The van der Waals surface area contributed by atoms with Crippen LogP contribution >= 0.6 is 0 Å². The second-order valence-corrected chi connectivity index (χ2v) is 4.84. The van der Waals surface area contributed by atoms with Gasteiger partial charge in [-0.15, -0.1) is 0 Å². The summed E-state index contributed by atoms with van der Waals surface area (Å²) >= 11 is 0. The SMILES string of the molecule is CCOc1cccc(NC(C)Cc2ccc(F)cc2)c1. The summed E-state index contributed by atoms with van der Waals surface area (Å²) in [6.07, 6.45) is 0.846. The summed E-state index contributed by atoms with van der Waals surface area (Å²) in [6.45, 7) is 4.74. The van der Waals surface area contributed by atoms with E-state index in [2.05, 4.69) is 12.2 Å². The number of hydrogen-bond donors (Lipinski definition) is 1. The number of hydrogen-bond acceptors (Lipinski definition) is 2. The standard InChI is InChI=1S/C17H20FNO/c1-3-20-17-6-4-5-16(12-17)19-13(2)11-14-7-9-15(18)10-8-14/h4-10,12-13,19H,3,11H2,1-2H3. The maximum atomic E-state index is 12.9. The lowest BCUT2D eigenvalue weighted by Crippen LogP contribution is -2.18. The first-order valence-corrected chi connectivity index (χ1v) is 6.91. The lowest BCUT2D eigenvalue weighted by molar-refractivity contribution is 0.340. The molecule has 0 aliphatic rings. The topological polar surface area (TPSA) is 21.3 Å². The average Bonchev–Trinajstić information content (AvgIpc) is 2.42. The van der Waals surface area contributed by atoms with Crippen molar-refractivity contribution >= 4 is 5.69 Å². The monoisotopic (exact) mass is 273 g/mol. The van der Waals surface area contributed by atoms with Gasteiger partial charge in [0.25, 0.3) is 0 Å². The average molecular weight is 273 g/mol. The highest BCUT2D eigenvalue weighted by Crippen LogP contribution is 2.18. The lowest BCUT2D eigenvalue weighted by atomic mass is 10.1. The van der Waals surface area contributed by atoms with Crippen molar-refractivity contribution in [1.82, 2.24) is 0 Å². The molecule has 2 rings (SSSR count). The molecule has 0 aliphatic carbocycles. The molecule has 0 bridgehead atoms. The van der Waals surface area contributed by atoms with Crippen LogP contribution in [0.25, 0.3) is 0 Å². The first-order chi connectivity index (χ1) is 9.67. The Bertz CT molecular complexity index is 539. The molecule has 2 aromatic carbocycles. The fourth-order valence-electron chi connectivity index (χ4n) is 2.15. The maximum absolute atomic E-state index is 12.9. The number of benzene rings is 2. The second-order valence-electron chi connectivity index (χ2n) is 4.84. The van der Waals surface area contributed by atoms with Gasteiger partial charge in [-0.3, -0.25) is 0 Å². The molecule has 0 radical (unpaired) electrons. The summed E-state index contributed by atoms with van der Waals surface area (Å²) in [7, 11) is 0. The van der Waals surface area contributed by atoms with E-state index >= 15 is 0 Å². The summed E-state index contributed by atoms with van der Waals surface area (Å²) in [5.41, 5.74) is 2.15. The van der Waals surface area contributed by atoms with Gasteiger partial charge < -0.3 is 10.1 Å². The molecule has 0 saturated carbocycles. The zero-order chi connectivity index (χ0) is 14.4. The van der Waals surface area contributed by atoms with Crippen LogP contribution in [0.15, 0.2) is 48.5 Å². The van der Waals surface area contributed by atoms with Gasteiger partial charge in [-0.2, -0.15) is 0 Å². The van der Waals surface area contributed by atoms with Gasteiger partial charge in [0.1, 0.15) is 11.6 Å². The van der Waals surface area contributed by atoms with Crippen molar-refractivity contribution in [1.29, 1.82) is 0 Å². The Labute approximate surface area is 119 Å². The summed E-state index contributed by atoms with van der Waals surface area (Å²) in [5, 5.41) is 3.43. The van der Waals surface area contributed by atoms with E-state index in [1.165, 1.54) is 12.1 Å². The molecule has 2 aromatic rings. The minimum atomic E-state index is -0.196. The zero-order valence-corrected chi connectivity index (χ0v) is 11.9. The highest BCUT2D eigenvalue weighted by Gasteiger charge is 2.05. The fourth-order valence-corrected chi connectivity index (χ4v) is 2.15. The Balaban J connectivity index is 1.95. The molecule has 3 heteroatoms. The van der Waals surface area contributed by atoms with E-state index in [1.807, 2.05) is 43.3 Å². The summed E-state index contributed by atoms with van der Waals surface area (Å²) in [6, 6.07) is 14.8. The fraction of sp³-hybridized carbons (Fsp3) is 0.294. The molecule has 0 fully saturated rings.